The summed E-state index contributed by atoms with van der Waals surface area (Å²) < 4.78 is 24.1. The van der Waals surface area contributed by atoms with Gasteiger partial charge in [0.1, 0.15) is 5.15 Å². The molecule has 0 aromatic carbocycles. The van der Waals surface area contributed by atoms with Gasteiger partial charge in [-0.1, -0.05) is 11.6 Å². The fourth-order valence-electron chi connectivity index (χ4n) is 1.79. The molecule has 2 heterocycles. The van der Waals surface area contributed by atoms with E-state index in [1.807, 2.05) is 0 Å². The SMILES string of the molecule is Cc1cnc(S(=O)(=O)CC2CCCN2)nc1Cl. The lowest BCUT2D eigenvalue weighted by Crippen LogP contribution is -2.30. The fourth-order valence-corrected chi connectivity index (χ4v) is 3.38. The quantitative estimate of drug-likeness (QED) is 0.657. The van der Waals surface area contributed by atoms with E-state index in [2.05, 4.69) is 15.3 Å². The van der Waals surface area contributed by atoms with Crippen molar-refractivity contribution in [3.63, 3.8) is 0 Å². The third-order valence-electron chi connectivity index (χ3n) is 2.75. The minimum Gasteiger partial charge on any atom is -0.313 e. The van der Waals surface area contributed by atoms with Gasteiger partial charge in [-0.15, -0.1) is 0 Å². The van der Waals surface area contributed by atoms with Gasteiger partial charge in [0.05, 0.1) is 5.75 Å². The van der Waals surface area contributed by atoms with Crippen molar-refractivity contribution in [1.29, 1.82) is 0 Å². The molecule has 0 bridgehead atoms. The standard InChI is InChI=1S/C10H14ClN3O2S/c1-7-5-13-10(14-9(7)11)17(15,16)6-8-3-2-4-12-8/h5,8,12H,2-4,6H2,1H3. The van der Waals surface area contributed by atoms with Crippen molar-refractivity contribution in [3.8, 4) is 0 Å². The third kappa shape index (κ3) is 2.94. The molecule has 0 radical (unpaired) electrons. The highest BCUT2D eigenvalue weighted by molar-refractivity contribution is 7.91. The minimum absolute atomic E-state index is 0.00341. The van der Waals surface area contributed by atoms with Crippen LogP contribution in [0.5, 0.6) is 0 Å². The number of rotatable bonds is 3. The van der Waals surface area contributed by atoms with Crippen molar-refractivity contribution in [2.75, 3.05) is 12.3 Å². The van der Waals surface area contributed by atoms with Crippen molar-refractivity contribution in [1.82, 2.24) is 15.3 Å². The first-order valence-electron chi connectivity index (χ1n) is 5.44. The van der Waals surface area contributed by atoms with Crippen LogP contribution in [0, 0.1) is 6.92 Å². The monoisotopic (exact) mass is 275 g/mol. The van der Waals surface area contributed by atoms with Gasteiger partial charge in [0, 0.05) is 17.8 Å². The summed E-state index contributed by atoms with van der Waals surface area (Å²) in [5.41, 5.74) is 0.671. The summed E-state index contributed by atoms with van der Waals surface area (Å²) in [7, 11) is -3.45. The van der Waals surface area contributed by atoms with E-state index in [-0.39, 0.29) is 22.1 Å². The van der Waals surface area contributed by atoms with Gasteiger partial charge in [-0.2, -0.15) is 0 Å². The average Bonchev–Trinajstić information content (AvgIpc) is 2.73. The largest absolute Gasteiger partial charge is 0.313 e. The van der Waals surface area contributed by atoms with Gasteiger partial charge in [0.25, 0.3) is 0 Å². The van der Waals surface area contributed by atoms with E-state index >= 15 is 0 Å². The van der Waals surface area contributed by atoms with Crippen LogP contribution in [-0.4, -0.2) is 36.7 Å². The number of halogens is 1. The molecular formula is C10H14ClN3O2S. The first kappa shape index (κ1) is 12.7. The average molecular weight is 276 g/mol. The minimum atomic E-state index is -3.45. The van der Waals surface area contributed by atoms with E-state index < -0.39 is 9.84 Å². The molecule has 1 aromatic heterocycles. The molecule has 1 aliphatic rings. The smallest absolute Gasteiger partial charge is 0.248 e. The first-order valence-corrected chi connectivity index (χ1v) is 7.47. The zero-order chi connectivity index (χ0) is 12.5. The Hall–Kier alpha value is -0.720. The van der Waals surface area contributed by atoms with Crippen LogP contribution >= 0.6 is 11.6 Å². The van der Waals surface area contributed by atoms with Crippen molar-refractivity contribution in [2.24, 2.45) is 0 Å². The Labute approximate surface area is 106 Å². The third-order valence-corrected chi connectivity index (χ3v) is 4.73. The summed E-state index contributed by atoms with van der Waals surface area (Å²) in [6, 6.07) is 0.00341. The number of hydrogen-bond acceptors (Lipinski definition) is 5. The number of sulfone groups is 1. The van der Waals surface area contributed by atoms with E-state index in [0.717, 1.165) is 19.4 Å². The molecular weight excluding hydrogens is 262 g/mol. The Bertz CT molecular complexity index is 512. The van der Waals surface area contributed by atoms with Crippen molar-refractivity contribution < 1.29 is 8.42 Å². The lowest BCUT2D eigenvalue weighted by molar-refractivity contribution is 0.568. The molecule has 1 aromatic rings. The van der Waals surface area contributed by atoms with E-state index in [0.29, 0.717) is 5.56 Å². The molecule has 94 valence electrons. The van der Waals surface area contributed by atoms with Crippen LogP contribution in [0.2, 0.25) is 5.15 Å². The second-order valence-corrected chi connectivity index (χ2v) is 6.49. The zero-order valence-corrected chi connectivity index (χ0v) is 11.1. The molecule has 1 N–H and O–H groups in total. The predicted molar refractivity (Wildman–Crippen MR) is 64.9 cm³/mol. The second kappa shape index (κ2) is 4.88. The Morgan fingerprint density at radius 2 is 2.35 bits per heavy atom. The molecule has 0 amide bonds. The maximum atomic E-state index is 12.0. The van der Waals surface area contributed by atoms with Crippen molar-refractivity contribution >= 4 is 21.4 Å². The molecule has 0 saturated carbocycles. The highest BCUT2D eigenvalue weighted by Gasteiger charge is 2.26. The van der Waals surface area contributed by atoms with Gasteiger partial charge in [-0.25, -0.2) is 18.4 Å². The fraction of sp³-hybridized carbons (Fsp3) is 0.600. The van der Waals surface area contributed by atoms with Crippen LogP contribution in [0.4, 0.5) is 0 Å². The summed E-state index contributed by atoms with van der Waals surface area (Å²) in [5.74, 6) is 0.0341. The first-order chi connectivity index (χ1) is 7.99. The maximum Gasteiger partial charge on any atom is 0.248 e. The Morgan fingerprint density at radius 1 is 1.59 bits per heavy atom. The van der Waals surface area contributed by atoms with E-state index in [1.54, 1.807) is 6.92 Å². The summed E-state index contributed by atoms with van der Waals surface area (Å²) >= 11 is 5.81. The number of aryl methyl sites for hydroxylation is 1. The normalized spacial score (nSPS) is 20.7. The van der Waals surface area contributed by atoms with Gasteiger partial charge in [0.2, 0.25) is 15.0 Å². The van der Waals surface area contributed by atoms with E-state index in [9.17, 15) is 8.42 Å². The molecule has 5 nitrogen and oxygen atoms in total. The highest BCUT2D eigenvalue weighted by Crippen LogP contribution is 2.16. The van der Waals surface area contributed by atoms with Crippen LogP contribution in [0.1, 0.15) is 18.4 Å². The molecule has 0 spiro atoms. The van der Waals surface area contributed by atoms with Gasteiger partial charge in [0.15, 0.2) is 0 Å². The summed E-state index contributed by atoms with van der Waals surface area (Å²) in [6.07, 6.45) is 3.32. The number of hydrogen-bond donors (Lipinski definition) is 1. The van der Waals surface area contributed by atoms with Crippen LogP contribution in [0.25, 0.3) is 0 Å². The van der Waals surface area contributed by atoms with Crippen LogP contribution in [0.15, 0.2) is 11.4 Å². The molecule has 1 fully saturated rings. The van der Waals surface area contributed by atoms with E-state index in [4.69, 9.17) is 11.6 Å². The van der Waals surface area contributed by atoms with Crippen LogP contribution in [0.3, 0.4) is 0 Å². The molecule has 1 atom stereocenters. The van der Waals surface area contributed by atoms with Crippen molar-refractivity contribution in [3.05, 3.63) is 16.9 Å². The number of aromatic nitrogens is 2. The summed E-state index contributed by atoms with van der Waals surface area (Å²) in [4.78, 5) is 7.67. The van der Waals surface area contributed by atoms with Gasteiger partial charge in [-0.05, 0) is 26.3 Å². The lowest BCUT2D eigenvalue weighted by atomic mass is 10.3. The van der Waals surface area contributed by atoms with Crippen LogP contribution in [-0.2, 0) is 9.84 Å². The molecule has 1 saturated heterocycles. The zero-order valence-electron chi connectivity index (χ0n) is 9.48. The number of nitrogens with one attached hydrogen (secondary N) is 1. The second-order valence-electron chi connectivity index (χ2n) is 4.20. The summed E-state index contributed by atoms with van der Waals surface area (Å²) in [5, 5.41) is 3.15. The molecule has 2 rings (SSSR count). The van der Waals surface area contributed by atoms with Gasteiger partial charge < -0.3 is 5.32 Å². The lowest BCUT2D eigenvalue weighted by Gasteiger charge is -2.10. The summed E-state index contributed by atoms with van der Waals surface area (Å²) in [6.45, 7) is 2.60. The predicted octanol–water partition coefficient (Wildman–Crippen LogP) is 0.964. The topological polar surface area (TPSA) is 72.0 Å². The Balaban J connectivity index is 2.21. The molecule has 7 heteroatoms. The highest BCUT2D eigenvalue weighted by atomic mass is 35.5. The van der Waals surface area contributed by atoms with E-state index in [1.165, 1.54) is 6.20 Å². The van der Waals surface area contributed by atoms with Gasteiger partial charge >= 0.3 is 0 Å². The Morgan fingerprint density at radius 3 is 2.94 bits per heavy atom. The molecule has 0 aliphatic carbocycles. The Kier molecular flexibility index (Phi) is 3.65. The molecule has 17 heavy (non-hydrogen) atoms. The van der Waals surface area contributed by atoms with Crippen LogP contribution < -0.4 is 5.32 Å². The van der Waals surface area contributed by atoms with Crippen molar-refractivity contribution in [2.45, 2.75) is 31.0 Å². The molecule has 1 unspecified atom stereocenters. The number of nitrogens with zero attached hydrogens (tertiary/aromatic N) is 2. The maximum absolute atomic E-state index is 12.0. The van der Waals surface area contributed by atoms with Gasteiger partial charge in [-0.3, -0.25) is 0 Å². The molecule has 1 aliphatic heterocycles.